The van der Waals surface area contributed by atoms with Gasteiger partial charge in [-0.05, 0) is 24.6 Å². The molecular weight excluding hydrogens is 312 g/mol. The van der Waals surface area contributed by atoms with Crippen LogP contribution in [0.25, 0.3) is 0 Å². The predicted molar refractivity (Wildman–Crippen MR) is 81.8 cm³/mol. The van der Waals surface area contributed by atoms with E-state index in [4.69, 9.17) is 18.9 Å². The Morgan fingerprint density at radius 3 is 2.67 bits per heavy atom. The van der Waals surface area contributed by atoms with Crippen molar-refractivity contribution in [3.8, 4) is 0 Å². The van der Waals surface area contributed by atoms with Crippen LogP contribution in [0.4, 0.5) is 0 Å². The zero-order valence-electron chi connectivity index (χ0n) is 13.8. The molecule has 0 bridgehead atoms. The molecule has 0 amide bonds. The summed E-state index contributed by atoms with van der Waals surface area (Å²) >= 11 is 0. The van der Waals surface area contributed by atoms with Crippen LogP contribution in [-0.4, -0.2) is 51.6 Å². The van der Waals surface area contributed by atoms with Gasteiger partial charge in [-0.15, -0.1) is 10.2 Å². The highest BCUT2D eigenvalue weighted by molar-refractivity contribution is 5.14. The van der Waals surface area contributed by atoms with Crippen molar-refractivity contribution < 1.29 is 18.9 Å². The van der Waals surface area contributed by atoms with E-state index in [1.807, 2.05) is 44.2 Å². The summed E-state index contributed by atoms with van der Waals surface area (Å²) in [6.07, 6.45) is -1.61. The van der Waals surface area contributed by atoms with Crippen LogP contribution in [0.5, 0.6) is 0 Å². The topological polar surface area (TPSA) is 80.5 Å². The van der Waals surface area contributed by atoms with E-state index in [9.17, 15) is 0 Å². The lowest BCUT2D eigenvalue weighted by atomic mass is 10.1. The summed E-state index contributed by atoms with van der Waals surface area (Å²) in [6, 6.07) is 9.96. The monoisotopic (exact) mass is 332 g/mol. The van der Waals surface area contributed by atoms with Gasteiger partial charge in [0.25, 0.3) is 0 Å². The number of ether oxygens (including phenoxy) is 4. The van der Waals surface area contributed by atoms with Crippen LogP contribution >= 0.6 is 0 Å². The van der Waals surface area contributed by atoms with Crippen LogP contribution in [0.1, 0.15) is 31.3 Å². The van der Waals surface area contributed by atoms with E-state index >= 15 is 0 Å². The Balaban J connectivity index is 1.54. The van der Waals surface area contributed by atoms with Crippen LogP contribution in [0.2, 0.25) is 0 Å². The third kappa shape index (κ3) is 2.82. The molecule has 8 nitrogen and oxygen atoms in total. The molecular formula is C16H20N4O4. The third-order valence-electron chi connectivity index (χ3n) is 4.13. The number of nitrogens with zero attached hydrogens (tertiary/aromatic N) is 4. The molecule has 2 fully saturated rings. The lowest BCUT2D eigenvalue weighted by Gasteiger charge is -2.22. The Morgan fingerprint density at radius 1 is 1.17 bits per heavy atom. The third-order valence-corrected chi connectivity index (χ3v) is 4.13. The summed E-state index contributed by atoms with van der Waals surface area (Å²) in [6.45, 7) is 4.29. The lowest BCUT2D eigenvalue weighted by molar-refractivity contribution is -0.229. The zero-order chi connectivity index (χ0) is 16.7. The largest absolute Gasteiger partial charge is 0.353 e. The van der Waals surface area contributed by atoms with Crippen LogP contribution < -0.4 is 0 Å². The molecule has 2 saturated heterocycles. The SMILES string of the molecule is COC1OC(c2nnn(Cc3ccccc3)n2)[C@H]2OC(C)(C)O[C@@H]12. The lowest BCUT2D eigenvalue weighted by Crippen LogP contribution is -2.30. The zero-order valence-corrected chi connectivity index (χ0v) is 13.8. The Bertz CT molecular complexity index is 705. The first-order valence-corrected chi connectivity index (χ1v) is 7.91. The Labute approximate surface area is 139 Å². The fraction of sp³-hybridized carbons (Fsp3) is 0.562. The average Bonchev–Trinajstić information content (AvgIpc) is 3.21. The van der Waals surface area contributed by atoms with Crippen molar-refractivity contribution in [3.63, 3.8) is 0 Å². The van der Waals surface area contributed by atoms with Crippen molar-refractivity contribution in [2.45, 2.75) is 50.8 Å². The fourth-order valence-electron chi connectivity index (χ4n) is 3.14. The maximum atomic E-state index is 5.96. The molecule has 0 aliphatic carbocycles. The molecule has 0 radical (unpaired) electrons. The van der Waals surface area contributed by atoms with Crippen LogP contribution in [-0.2, 0) is 25.5 Å². The Kier molecular flexibility index (Phi) is 3.84. The molecule has 4 atom stereocenters. The quantitative estimate of drug-likeness (QED) is 0.834. The number of rotatable bonds is 4. The standard InChI is InChI=1S/C16H20N4O4/c1-16(2)23-11-12(22-15(21-3)13(11)24-16)14-17-19-20(18-14)9-10-7-5-4-6-8-10/h4-8,11-13,15H,9H2,1-3H3/t11-,12?,13-,15?/m1/s1. The van der Waals surface area contributed by atoms with Gasteiger partial charge in [0.1, 0.15) is 12.2 Å². The minimum atomic E-state index is -0.686. The molecule has 3 heterocycles. The van der Waals surface area contributed by atoms with Gasteiger partial charge in [-0.25, -0.2) is 0 Å². The summed E-state index contributed by atoms with van der Waals surface area (Å²) in [5, 5.41) is 12.7. The number of methoxy groups -OCH3 is 1. The molecule has 4 rings (SSSR count). The second kappa shape index (κ2) is 5.89. The molecule has 0 N–H and O–H groups in total. The van der Waals surface area contributed by atoms with E-state index in [1.165, 1.54) is 0 Å². The normalized spacial score (nSPS) is 31.3. The Hall–Kier alpha value is -1.87. The van der Waals surface area contributed by atoms with Crippen molar-refractivity contribution in [3.05, 3.63) is 41.7 Å². The van der Waals surface area contributed by atoms with Gasteiger partial charge in [0.2, 0.25) is 5.82 Å². The van der Waals surface area contributed by atoms with Crippen molar-refractivity contribution in [1.82, 2.24) is 20.2 Å². The number of hydrogen-bond acceptors (Lipinski definition) is 7. The summed E-state index contributed by atoms with van der Waals surface area (Å²) in [4.78, 5) is 1.55. The van der Waals surface area contributed by atoms with Crippen molar-refractivity contribution in [2.75, 3.05) is 7.11 Å². The molecule has 24 heavy (non-hydrogen) atoms. The summed E-state index contributed by atoms with van der Waals surface area (Å²) in [5.74, 6) is -0.212. The van der Waals surface area contributed by atoms with Gasteiger partial charge < -0.3 is 18.9 Å². The van der Waals surface area contributed by atoms with E-state index < -0.39 is 18.2 Å². The van der Waals surface area contributed by atoms with E-state index in [1.54, 1.807) is 11.9 Å². The molecule has 2 aliphatic rings. The summed E-state index contributed by atoms with van der Waals surface area (Å²) in [7, 11) is 1.58. The van der Waals surface area contributed by atoms with Gasteiger partial charge in [-0.2, -0.15) is 4.80 Å². The van der Waals surface area contributed by atoms with Gasteiger partial charge >= 0.3 is 0 Å². The molecule has 2 aliphatic heterocycles. The first kappa shape index (κ1) is 15.6. The molecule has 128 valence electrons. The Morgan fingerprint density at radius 2 is 1.92 bits per heavy atom. The molecule has 2 aromatic rings. The van der Waals surface area contributed by atoms with Gasteiger partial charge in [0, 0.05) is 7.11 Å². The van der Waals surface area contributed by atoms with E-state index in [-0.39, 0.29) is 12.2 Å². The van der Waals surface area contributed by atoms with Gasteiger partial charge in [-0.1, -0.05) is 30.3 Å². The highest BCUT2D eigenvalue weighted by atomic mass is 16.8. The minimum absolute atomic E-state index is 0.309. The smallest absolute Gasteiger partial charge is 0.206 e. The maximum absolute atomic E-state index is 5.96. The molecule has 2 unspecified atom stereocenters. The number of fused-ring (bicyclic) bond motifs is 1. The maximum Gasteiger partial charge on any atom is 0.206 e. The molecule has 0 saturated carbocycles. The van der Waals surface area contributed by atoms with Crippen LogP contribution in [0, 0.1) is 0 Å². The van der Waals surface area contributed by atoms with E-state index in [0.717, 1.165) is 5.56 Å². The van der Waals surface area contributed by atoms with Gasteiger partial charge in [0.15, 0.2) is 18.2 Å². The van der Waals surface area contributed by atoms with Crippen molar-refractivity contribution in [1.29, 1.82) is 0 Å². The van der Waals surface area contributed by atoms with E-state index in [0.29, 0.717) is 12.4 Å². The average molecular weight is 332 g/mol. The predicted octanol–water partition coefficient (Wildman–Crippen LogP) is 1.29. The van der Waals surface area contributed by atoms with E-state index in [2.05, 4.69) is 15.4 Å². The highest BCUT2D eigenvalue weighted by Crippen LogP contribution is 2.44. The number of tetrazole rings is 1. The van der Waals surface area contributed by atoms with Crippen LogP contribution in [0.3, 0.4) is 0 Å². The van der Waals surface area contributed by atoms with Crippen LogP contribution in [0.15, 0.2) is 30.3 Å². The number of aromatic nitrogens is 4. The summed E-state index contributed by atoms with van der Waals surface area (Å²) in [5.41, 5.74) is 1.10. The van der Waals surface area contributed by atoms with Gasteiger partial charge in [0.05, 0.1) is 6.54 Å². The second-order valence-corrected chi connectivity index (χ2v) is 6.39. The number of hydrogen-bond donors (Lipinski definition) is 0. The molecule has 1 aromatic heterocycles. The minimum Gasteiger partial charge on any atom is -0.353 e. The fourth-order valence-corrected chi connectivity index (χ4v) is 3.14. The first-order chi connectivity index (χ1) is 11.6. The van der Waals surface area contributed by atoms with Crippen molar-refractivity contribution in [2.24, 2.45) is 0 Å². The summed E-state index contributed by atoms with van der Waals surface area (Å²) < 4.78 is 23.1. The van der Waals surface area contributed by atoms with Gasteiger partial charge in [-0.3, -0.25) is 0 Å². The highest BCUT2D eigenvalue weighted by Gasteiger charge is 2.57. The van der Waals surface area contributed by atoms with Crippen molar-refractivity contribution >= 4 is 0 Å². The first-order valence-electron chi connectivity index (χ1n) is 7.91. The second-order valence-electron chi connectivity index (χ2n) is 6.39. The number of benzene rings is 1. The molecule has 8 heteroatoms. The molecule has 1 aromatic carbocycles. The molecule has 0 spiro atoms.